The number of nitrogens with zero attached hydrogens (tertiary/aromatic N) is 4. The molecular formula is C6H8N4O4. The van der Waals surface area contributed by atoms with E-state index in [4.69, 9.17) is 0 Å². The van der Waals surface area contributed by atoms with Gasteiger partial charge in [0.25, 0.3) is 0 Å². The van der Waals surface area contributed by atoms with Crippen molar-refractivity contribution in [2.75, 3.05) is 14.2 Å². The maximum Gasteiger partial charge on any atom is 0.335 e. The van der Waals surface area contributed by atoms with Crippen molar-refractivity contribution in [3.63, 3.8) is 0 Å². The van der Waals surface area contributed by atoms with Crippen molar-refractivity contribution in [3.8, 4) is 0 Å². The Morgan fingerprint density at radius 1 is 0.929 bits per heavy atom. The molecule has 0 aliphatic carbocycles. The zero-order valence-corrected chi connectivity index (χ0v) is 7.58. The molecule has 0 radical (unpaired) electrons. The summed E-state index contributed by atoms with van der Waals surface area (Å²) in [5.74, 6) is -1.41. The number of methoxy groups -OCH3 is 2. The molecule has 0 saturated carbocycles. The average molecular weight is 200 g/mol. The van der Waals surface area contributed by atoms with Crippen LogP contribution in [0.3, 0.4) is 0 Å². The summed E-state index contributed by atoms with van der Waals surface area (Å²) in [7, 11) is 2.36. The Hall–Kier alpha value is -1.86. The summed E-state index contributed by atoms with van der Waals surface area (Å²) in [6, 6.07) is -2.21. The summed E-state index contributed by atoms with van der Waals surface area (Å²) in [4.78, 5) is 22.2. The van der Waals surface area contributed by atoms with E-state index in [1.165, 1.54) is 14.2 Å². The molecule has 0 amide bonds. The molecule has 0 spiro atoms. The van der Waals surface area contributed by atoms with E-state index in [9.17, 15) is 9.59 Å². The van der Waals surface area contributed by atoms with E-state index in [0.717, 1.165) is 0 Å². The topological polar surface area (TPSA) is 102 Å². The molecule has 1 aliphatic heterocycles. The Morgan fingerprint density at radius 3 is 1.57 bits per heavy atom. The lowest BCUT2D eigenvalue weighted by Gasteiger charge is -2.15. The lowest BCUT2D eigenvalue weighted by molar-refractivity contribution is -0.150. The van der Waals surface area contributed by atoms with Crippen molar-refractivity contribution in [3.05, 3.63) is 0 Å². The molecule has 8 heteroatoms. The Balaban J connectivity index is 2.81. The van der Waals surface area contributed by atoms with E-state index in [0.29, 0.717) is 0 Å². The quantitative estimate of drug-likeness (QED) is 0.580. The molecule has 8 nitrogen and oxygen atoms in total. The molecule has 1 heterocycles. The number of carbonyl (C=O) groups excluding carboxylic acids is 2. The Labute approximate surface area is 79.0 Å². The van der Waals surface area contributed by atoms with Crippen LogP contribution in [0.1, 0.15) is 0 Å². The zero-order chi connectivity index (χ0) is 10.6. The Morgan fingerprint density at radius 2 is 1.29 bits per heavy atom. The second kappa shape index (κ2) is 4.40. The summed E-state index contributed by atoms with van der Waals surface area (Å²) in [6.07, 6.45) is 0. The van der Waals surface area contributed by atoms with Gasteiger partial charge in [0.05, 0.1) is 14.2 Å². The molecule has 14 heavy (non-hydrogen) atoms. The second-order valence-electron chi connectivity index (χ2n) is 2.35. The largest absolute Gasteiger partial charge is 0.467 e. The van der Waals surface area contributed by atoms with Crippen LogP contribution in [0.25, 0.3) is 0 Å². The number of rotatable bonds is 2. The van der Waals surface area contributed by atoms with Gasteiger partial charge in [0.2, 0.25) is 12.1 Å². The Bertz CT molecular complexity index is 270. The summed E-state index contributed by atoms with van der Waals surface area (Å²) in [6.45, 7) is 0. The van der Waals surface area contributed by atoms with E-state index in [1.807, 2.05) is 0 Å². The fourth-order valence-corrected chi connectivity index (χ4v) is 0.877. The monoisotopic (exact) mass is 200 g/mol. The summed E-state index contributed by atoms with van der Waals surface area (Å²) in [5, 5.41) is 13.2. The average Bonchev–Trinajstić information content (AvgIpc) is 2.27. The van der Waals surface area contributed by atoms with Gasteiger partial charge in [-0.1, -0.05) is 0 Å². The molecule has 0 aromatic rings. The number of hydrogen-bond donors (Lipinski definition) is 0. The summed E-state index contributed by atoms with van der Waals surface area (Å²) < 4.78 is 8.82. The molecule has 1 aliphatic rings. The smallest absolute Gasteiger partial charge is 0.335 e. The lowest BCUT2D eigenvalue weighted by Crippen LogP contribution is -2.39. The number of carbonyl (C=O) groups is 2. The predicted octanol–water partition coefficient (Wildman–Crippen LogP) is -0.0974. The molecule has 0 aromatic heterocycles. The van der Waals surface area contributed by atoms with Crippen LogP contribution in [0.5, 0.6) is 0 Å². The zero-order valence-electron chi connectivity index (χ0n) is 7.58. The first-order chi connectivity index (χ1) is 6.70. The normalized spacial score (nSPS) is 24.4. The summed E-state index contributed by atoms with van der Waals surface area (Å²) >= 11 is 0. The van der Waals surface area contributed by atoms with Crippen LogP contribution in [0.2, 0.25) is 0 Å². The first-order valence-corrected chi connectivity index (χ1v) is 3.66. The van der Waals surface area contributed by atoms with Gasteiger partial charge in [-0.2, -0.15) is 0 Å². The maximum absolute atomic E-state index is 11.1. The van der Waals surface area contributed by atoms with Gasteiger partial charge in [-0.3, -0.25) is 0 Å². The van der Waals surface area contributed by atoms with Crippen LogP contribution in [0, 0.1) is 0 Å². The molecule has 2 unspecified atom stereocenters. The highest BCUT2D eigenvalue weighted by Gasteiger charge is 2.38. The lowest BCUT2D eigenvalue weighted by atomic mass is 10.1. The Kier molecular flexibility index (Phi) is 3.21. The minimum absolute atomic E-state index is 0.706. The van der Waals surface area contributed by atoms with Gasteiger partial charge in [0.1, 0.15) is 0 Å². The van der Waals surface area contributed by atoms with Gasteiger partial charge in [0.15, 0.2) is 0 Å². The van der Waals surface area contributed by atoms with Gasteiger partial charge < -0.3 is 9.47 Å². The molecule has 0 N–H and O–H groups in total. The van der Waals surface area contributed by atoms with Crippen molar-refractivity contribution in [1.29, 1.82) is 0 Å². The third kappa shape index (κ3) is 1.90. The highest BCUT2D eigenvalue weighted by Crippen LogP contribution is 2.13. The SMILES string of the molecule is COC(=O)C1N=NN=NC1C(=O)OC. The number of ether oxygens (including phenoxy) is 2. The van der Waals surface area contributed by atoms with Crippen molar-refractivity contribution >= 4 is 11.9 Å². The van der Waals surface area contributed by atoms with Crippen molar-refractivity contribution < 1.29 is 19.1 Å². The van der Waals surface area contributed by atoms with Gasteiger partial charge in [-0.25, -0.2) is 9.59 Å². The van der Waals surface area contributed by atoms with Gasteiger partial charge in [-0.15, -0.1) is 10.2 Å². The van der Waals surface area contributed by atoms with Gasteiger partial charge in [0, 0.05) is 0 Å². The summed E-state index contributed by atoms with van der Waals surface area (Å²) in [5.41, 5.74) is 0. The molecular weight excluding hydrogens is 192 g/mol. The van der Waals surface area contributed by atoms with E-state index in [2.05, 4.69) is 30.1 Å². The third-order valence-electron chi connectivity index (χ3n) is 1.58. The van der Waals surface area contributed by atoms with Gasteiger partial charge >= 0.3 is 11.9 Å². The highest BCUT2D eigenvalue weighted by molar-refractivity contribution is 5.87. The van der Waals surface area contributed by atoms with Crippen molar-refractivity contribution in [2.45, 2.75) is 12.1 Å². The van der Waals surface area contributed by atoms with Gasteiger partial charge in [-0.05, 0) is 10.4 Å². The molecule has 1 rings (SSSR count). The fourth-order valence-electron chi connectivity index (χ4n) is 0.877. The minimum atomic E-state index is -1.11. The molecule has 76 valence electrons. The van der Waals surface area contributed by atoms with Crippen molar-refractivity contribution in [2.24, 2.45) is 20.7 Å². The number of esters is 2. The predicted molar refractivity (Wildman–Crippen MR) is 41.3 cm³/mol. The van der Waals surface area contributed by atoms with E-state index in [1.54, 1.807) is 0 Å². The van der Waals surface area contributed by atoms with Crippen LogP contribution in [-0.2, 0) is 19.1 Å². The van der Waals surface area contributed by atoms with E-state index in [-0.39, 0.29) is 0 Å². The molecule has 0 fully saturated rings. The van der Waals surface area contributed by atoms with Crippen LogP contribution >= 0.6 is 0 Å². The minimum Gasteiger partial charge on any atom is -0.467 e. The fraction of sp³-hybridized carbons (Fsp3) is 0.667. The highest BCUT2D eigenvalue weighted by atomic mass is 16.5. The standard InChI is InChI=1S/C6H8N4O4/c1-13-5(11)3-4(6(12)14-2)8-10-9-7-3/h3-4H,1-2H3. The van der Waals surface area contributed by atoms with E-state index < -0.39 is 24.0 Å². The first-order valence-electron chi connectivity index (χ1n) is 3.66. The molecule has 2 atom stereocenters. The van der Waals surface area contributed by atoms with Crippen LogP contribution in [0.15, 0.2) is 20.7 Å². The number of hydrogen-bond acceptors (Lipinski definition) is 8. The second-order valence-corrected chi connectivity index (χ2v) is 2.35. The molecule has 0 saturated heterocycles. The molecule has 0 aromatic carbocycles. The van der Waals surface area contributed by atoms with Crippen LogP contribution in [0.4, 0.5) is 0 Å². The van der Waals surface area contributed by atoms with Crippen LogP contribution in [-0.4, -0.2) is 38.2 Å². The maximum atomic E-state index is 11.1. The third-order valence-corrected chi connectivity index (χ3v) is 1.58. The first kappa shape index (κ1) is 10.2. The van der Waals surface area contributed by atoms with Crippen molar-refractivity contribution in [1.82, 2.24) is 0 Å². The molecule has 0 bridgehead atoms. The van der Waals surface area contributed by atoms with Crippen LogP contribution < -0.4 is 0 Å². The van der Waals surface area contributed by atoms with E-state index >= 15 is 0 Å².